The molecule has 19 heavy (non-hydrogen) atoms. The van der Waals surface area contributed by atoms with Crippen LogP contribution in [0.1, 0.15) is 0 Å². The van der Waals surface area contributed by atoms with Gasteiger partial charge >= 0.3 is 5.69 Å². The number of aromatic nitrogens is 2. The van der Waals surface area contributed by atoms with Crippen molar-refractivity contribution in [1.29, 1.82) is 0 Å². The van der Waals surface area contributed by atoms with E-state index in [9.17, 15) is 14.5 Å². The van der Waals surface area contributed by atoms with Crippen LogP contribution in [0.25, 0.3) is 0 Å². The first kappa shape index (κ1) is 13.4. The van der Waals surface area contributed by atoms with Gasteiger partial charge in [0, 0.05) is 10.7 Å². The zero-order valence-electron chi connectivity index (χ0n) is 9.10. The van der Waals surface area contributed by atoms with Gasteiger partial charge in [0.2, 0.25) is 11.1 Å². The molecule has 0 fully saturated rings. The zero-order valence-corrected chi connectivity index (χ0v) is 10.6. The number of hydrogen-bond donors (Lipinski definition) is 1. The summed E-state index contributed by atoms with van der Waals surface area (Å²) in [5.41, 5.74) is -0.173. The van der Waals surface area contributed by atoms with Crippen molar-refractivity contribution in [1.82, 2.24) is 9.97 Å². The summed E-state index contributed by atoms with van der Waals surface area (Å²) in [6, 6.07) is 3.62. The second-order valence-electron chi connectivity index (χ2n) is 3.41. The van der Waals surface area contributed by atoms with E-state index in [4.69, 9.17) is 23.2 Å². The average Bonchev–Trinajstić information content (AvgIpc) is 2.26. The fourth-order valence-corrected chi connectivity index (χ4v) is 1.70. The molecule has 0 radical (unpaired) electrons. The van der Waals surface area contributed by atoms with Crippen LogP contribution in [0.4, 0.5) is 21.6 Å². The molecule has 1 heterocycles. The molecule has 0 saturated carbocycles. The number of rotatable bonds is 3. The minimum absolute atomic E-state index is 0.144. The third kappa shape index (κ3) is 3.27. The molecule has 0 aliphatic carbocycles. The summed E-state index contributed by atoms with van der Waals surface area (Å²) >= 11 is 11.2. The zero-order chi connectivity index (χ0) is 14.0. The molecule has 0 aliphatic rings. The van der Waals surface area contributed by atoms with E-state index >= 15 is 0 Å². The lowest BCUT2D eigenvalue weighted by Gasteiger charge is -2.06. The lowest BCUT2D eigenvalue weighted by molar-refractivity contribution is -0.384. The lowest BCUT2D eigenvalue weighted by atomic mass is 10.3. The molecule has 9 heteroatoms. The van der Waals surface area contributed by atoms with Gasteiger partial charge in [-0.2, -0.15) is 4.98 Å². The summed E-state index contributed by atoms with van der Waals surface area (Å²) in [6.45, 7) is 0. The molecule has 0 atom stereocenters. The number of nitrogens with zero attached hydrogens (tertiary/aromatic N) is 3. The fraction of sp³-hybridized carbons (Fsp3) is 0. The van der Waals surface area contributed by atoms with Crippen molar-refractivity contribution in [2.24, 2.45) is 0 Å². The maximum Gasteiger partial charge on any atom is 0.329 e. The molecule has 6 nitrogen and oxygen atoms in total. The van der Waals surface area contributed by atoms with E-state index in [2.05, 4.69) is 15.3 Å². The van der Waals surface area contributed by atoms with Gasteiger partial charge in [0.25, 0.3) is 0 Å². The second kappa shape index (κ2) is 5.33. The van der Waals surface area contributed by atoms with Gasteiger partial charge in [-0.15, -0.1) is 0 Å². The summed E-state index contributed by atoms with van der Waals surface area (Å²) in [4.78, 5) is 17.3. The Bertz CT molecular complexity index is 633. The van der Waals surface area contributed by atoms with Crippen LogP contribution >= 0.6 is 23.2 Å². The van der Waals surface area contributed by atoms with Crippen LogP contribution in [-0.4, -0.2) is 14.9 Å². The highest BCUT2D eigenvalue weighted by Crippen LogP contribution is 2.27. The van der Waals surface area contributed by atoms with Crippen molar-refractivity contribution in [3.8, 4) is 0 Å². The minimum Gasteiger partial charge on any atom is -0.334 e. The summed E-state index contributed by atoms with van der Waals surface area (Å²) in [7, 11) is 0. The highest BCUT2D eigenvalue weighted by Gasteiger charge is 2.17. The Kier molecular flexibility index (Phi) is 3.77. The summed E-state index contributed by atoms with van der Waals surface area (Å²) < 4.78 is 13.2. The Morgan fingerprint density at radius 1 is 1.32 bits per heavy atom. The number of halogens is 3. The SMILES string of the molecule is O=[N+]([O-])c1cnc(Cl)nc1Nc1cc(F)cc(Cl)c1. The van der Waals surface area contributed by atoms with Gasteiger partial charge in [0.05, 0.1) is 4.92 Å². The smallest absolute Gasteiger partial charge is 0.329 e. The maximum absolute atomic E-state index is 13.2. The third-order valence-electron chi connectivity index (χ3n) is 2.06. The van der Waals surface area contributed by atoms with Crippen LogP contribution in [0, 0.1) is 15.9 Å². The van der Waals surface area contributed by atoms with Crippen molar-refractivity contribution in [2.75, 3.05) is 5.32 Å². The van der Waals surface area contributed by atoms with Gasteiger partial charge in [-0.3, -0.25) is 10.1 Å². The maximum atomic E-state index is 13.2. The van der Waals surface area contributed by atoms with Crippen molar-refractivity contribution >= 4 is 40.4 Å². The standard InChI is InChI=1S/C10H5Cl2FN4O2/c11-5-1-6(13)3-7(2-5)15-9-8(17(18)19)4-14-10(12)16-9/h1-4H,(H,14,15,16). The average molecular weight is 303 g/mol. The molecule has 0 saturated heterocycles. The third-order valence-corrected chi connectivity index (χ3v) is 2.46. The molecule has 1 aromatic carbocycles. The monoisotopic (exact) mass is 302 g/mol. The van der Waals surface area contributed by atoms with E-state index in [1.165, 1.54) is 6.07 Å². The van der Waals surface area contributed by atoms with Crippen molar-refractivity contribution in [3.05, 3.63) is 50.6 Å². The number of nitro groups is 1. The van der Waals surface area contributed by atoms with Crippen LogP contribution in [0.15, 0.2) is 24.4 Å². The largest absolute Gasteiger partial charge is 0.334 e. The second-order valence-corrected chi connectivity index (χ2v) is 4.19. The molecule has 2 rings (SSSR count). The Balaban J connectivity index is 2.42. The van der Waals surface area contributed by atoms with Gasteiger partial charge in [0.1, 0.15) is 12.0 Å². The Morgan fingerprint density at radius 3 is 2.68 bits per heavy atom. The Hall–Kier alpha value is -1.99. The number of anilines is 2. The molecule has 1 aromatic heterocycles. The first-order valence-corrected chi connectivity index (χ1v) is 5.61. The normalized spacial score (nSPS) is 10.3. The Morgan fingerprint density at radius 2 is 2.05 bits per heavy atom. The van der Waals surface area contributed by atoms with Crippen LogP contribution in [-0.2, 0) is 0 Å². The van der Waals surface area contributed by atoms with Crippen molar-refractivity contribution < 1.29 is 9.31 Å². The molecule has 0 bridgehead atoms. The molecular weight excluding hydrogens is 298 g/mol. The molecule has 2 aromatic rings. The molecule has 1 N–H and O–H groups in total. The van der Waals surface area contributed by atoms with Gasteiger partial charge < -0.3 is 5.32 Å². The van der Waals surface area contributed by atoms with E-state index in [0.717, 1.165) is 18.3 Å². The predicted molar refractivity (Wildman–Crippen MR) is 68.4 cm³/mol. The van der Waals surface area contributed by atoms with Crippen LogP contribution < -0.4 is 5.32 Å². The molecular formula is C10H5Cl2FN4O2. The summed E-state index contributed by atoms with van der Waals surface area (Å²) in [5.74, 6) is -0.732. The molecule has 0 aliphatic heterocycles. The van der Waals surface area contributed by atoms with Gasteiger partial charge in [-0.25, -0.2) is 9.37 Å². The minimum atomic E-state index is -0.681. The number of nitrogens with one attached hydrogen (secondary N) is 1. The molecule has 0 spiro atoms. The quantitative estimate of drug-likeness (QED) is 0.532. The van der Waals surface area contributed by atoms with Gasteiger partial charge in [-0.1, -0.05) is 11.6 Å². The topological polar surface area (TPSA) is 81.0 Å². The first-order chi connectivity index (χ1) is 8.95. The predicted octanol–water partition coefficient (Wildman–Crippen LogP) is 3.57. The van der Waals surface area contributed by atoms with Crippen LogP contribution in [0.5, 0.6) is 0 Å². The number of hydrogen-bond acceptors (Lipinski definition) is 5. The fourth-order valence-electron chi connectivity index (χ4n) is 1.34. The number of benzene rings is 1. The van der Waals surface area contributed by atoms with E-state index in [1.807, 2.05) is 0 Å². The molecule has 0 amide bonds. The molecule has 98 valence electrons. The van der Waals surface area contributed by atoms with Crippen molar-refractivity contribution in [3.63, 3.8) is 0 Å². The van der Waals surface area contributed by atoms with Crippen LogP contribution in [0.3, 0.4) is 0 Å². The summed E-state index contributed by atoms with van der Waals surface area (Å²) in [6.07, 6.45) is 0.957. The molecule has 0 unspecified atom stereocenters. The highest BCUT2D eigenvalue weighted by molar-refractivity contribution is 6.30. The lowest BCUT2D eigenvalue weighted by Crippen LogP contribution is -2.01. The Labute approximate surface area is 116 Å². The summed E-state index contributed by atoms with van der Waals surface area (Å²) in [5, 5.41) is 13.3. The van der Waals surface area contributed by atoms with E-state index in [1.54, 1.807) is 0 Å². The van der Waals surface area contributed by atoms with Crippen molar-refractivity contribution in [2.45, 2.75) is 0 Å². The van der Waals surface area contributed by atoms with Gasteiger partial charge in [-0.05, 0) is 29.8 Å². The van der Waals surface area contributed by atoms with E-state index in [-0.39, 0.29) is 27.5 Å². The van der Waals surface area contributed by atoms with Crippen LogP contribution in [0.2, 0.25) is 10.3 Å². The highest BCUT2D eigenvalue weighted by atomic mass is 35.5. The van der Waals surface area contributed by atoms with E-state index < -0.39 is 10.7 Å². The first-order valence-electron chi connectivity index (χ1n) is 4.86. The van der Waals surface area contributed by atoms with Gasteiger partial charge in [0.15, 0.2) is 0 Å². The van der Waals surface area contributed by atoms with E-state index in [0.29, 0.717) is 0 Å².